The van der Waals surface area contributed by atoms with E-state index >= 15 is 0 Å². The Morgan fingerprint density at radius 2 is 2.38 bits per heavy atom. The number of amides is 1. The van der Waals surface area contributed by atoms with Crippen molar-refractivity contribution in [2.24, 2.45) is 5.73 Å². The molecule has 0 bridgehead atoms. The van der Waals surface area contributed by atoms with Gasteiger partial charge in [-0.05, 0) is 24.6 Å². The van der Waals surface area contributed by atoms with Crippen molar-refractivity contribution in [3.8, 4) is 0 Å². The number of primary amides is 1. The first kappa shape index (κ1) is 9.67. The highest BCUT2D eigenvalue weighted by Crippen LogP contribution is 2.13. The van der Waals surface area contributed by atoms with Crippen LogP contribution in [0.4, 0.5) is 0 Å². The van der Waals surface area contributed by atoms with E-state index in [1.54, 1.807) is 12.3 Å². The molecule has 0 aliphatic carbocycles. The van der Waals surface area contributed by atoms with E-state index in [9.17, 15) is 4.79 Å². The van der Waals surface area contributed by atoms with Crippen LogP contribution in [0, 0.1) is 6.92 Å². The Morgan fingerprint density at radius 3 is 2.85 bits per heavy atom. The van der Waals surface area contributed by atoms with Gasteiger partial charge in [-0.3, -0.25) is 9.78 Å². The van der Waals surface area contributed by atoms with Crippen molar-refractivity contribution in [3.63, 3.8) is 0 Å². The van der Waals surface area contributed by atoms with E-state index in [2.05, 4.69) is 4.98 Å². The normalized spacial score (nSPS) is 12.5. The summed E-state index contributed by atoms with van der Waals surface area (Å²) < 4.78 is 4.92. The molecule has 1 heterocycles. The van der Waals surface area contributed by atoms with Crippen molar-refractivity contribution >= 4 is 5.91 Å². The molecule has 0 saturated heterocycles. The lowest BCUT2D eigenvalue weighted by atomic mass is 10.2. The molecule has 0 aliphatic rings. The molecule has 0 radical (unpaired) electrons. The maximum atomic E-state index is 10.9. The molecule has 1 unspecified atom stereocenters. The SMILES string of the molecule is COC(C(N)=O)c1cc(C)ccn1. The summed E-state index contributed by atoms with van der Waals surface area (Å²) >= 11 is 0. The Morgan fingerprint density at radius 1 is 1.69 bits per heavy atom. The minimum atomic E-state index is -0.750. The van der Waals surface area contributed by atoms with Gasteiger partial charge in [0, 0.05) is 13.3 Å². The molecule has 4 nitrogen and oxygen atoms in total. The fraction of sp³-hybridized carbons (Fsp3) is 0.333. The van der Waals surface area contributed by atoms with E-state index < -0.39 is 12.0 Å². The summed E-state index contributed by atoms with van der Waals surface area (Å²) in [6.45, 7) is 1.92. The van der Waals surface area contributed by atoms with Crippen molar-refractivity contribution < 1.29 is 9.53 Å². The third kappa shape index (κ3) is 2.26. The van der Waals surface area contributed by atoms with Gasteiger partial charge in [-0.25, -0.2) is 0 Å². The Hall–Kier alpha value is -1.42. The van der Waals surface area contributed by atoms with Crippen molar-refractivity contribution in [2.75, 3.05) is 7.11 Å². The van der Waals surface area contributed by atoms with Crippen molar-refractivity contribution in [1.29, 1.82) is 0 Å². The predicted molar refractivity (Wildman–Crippen MR) is 47.9 cm³/mol. The number of methoxy groups -OCH3 is 1. The van der Waals surface area contributed by atoms with E-state index in [4.69, 9.17) is 10.5 Å². The smallest absolute Gasteiger partial charge is 0.252 e. The van der Waals surface area contributed by atoms with Crippen LogP contribution in [0.5, 0.6) is 0 Å². The van der Waals surface area contributed by atoms with E-state index in [0.29, 0.717) is 5.69 Å². The standard InChI is InChI=1S/C9H12N2O2/c1-6-3-4-11-7(5-6)8(13-2)9(10)12/h3-5,8H,1-2H3,(H2,10,12). The number of aryl methyl sites for hydroxylation is 1. The number of nitrogens with two attached hydrogens (primary N) is 1. The number of ether oxygens (including phenoxy) is 1. The summed E-state index contributed by atoms with van der Waals surface area (Å²) in [6.07, 6.45) is 0.875. The Labute approximate surface area is 76.7 Å². The fourth-order valence-electron chi connectivity index (χ4n) is 1.09. The second-order valence-corrected chi connectivity index (χ2v) is 2.78. The van der Waals surface area contributed by atoms with E-state index in [1.807, 2.05) is 13.0 Å². The van der Waals surface area contributed by atoms with Gasteiger partial charge in [0.2, 0.25) is 0 Å². The molecule has 0 aliphatic heterocycles. The van der Waals surface area contributed by atoms with Gasteiger partial charge in [0.1, 0.15) is 0 Å². The van der Waals surface area contributed by atoms with E-state index in [1.165, 1.54) is 7.11 Å². The molecule has 0 aromatic carbocycles. The minimum Gasteiger partial charge on any atom is -0.367 e. The summed E-state index contributed by atoms with van der Waals surface area (Å²) in [5.41, 5.74) is 6.70. The van der Waals surface area contributed by atoms with Gasteiger partial charge in [-0.15, -0.1) is 0 Å². The molecule has 0 saturated carbocycles. The molecule has 2 N–H and O–H groups in total. The van der Waals surface area contributed by atoms with Crippen LogP contribution in [-0.2, 0) is 9.53 Å². The van der Waals surface area contributed by atoms with Crippen LogP contribution in [0.2, 0.25) is 0 Å². The van der Waals surface area contributed by atoms with Crippen LogP contribution in [0.15, 0.2) is 18.3 Å². The quantitative estimate of drug-likeness (QED) is 0.739. The first-order chi connectivity index (χ1) is 6.15. The van der Waals surface area contributed by atoms with Crippen molar-refractivity contribution in [3.05, 3.63) is 29.6 Å². The Kier molecular flexibility index (Phi) is 2.97. The van der Waals surface area contributed by atoms with Crippen molar-refractivity contribution in [1.82, 2.24) is 4.98 Å². The molecule has 1 aromatic heterocycles. The number of rotatable bonds is 3. The lowest BCUT2D eigenvalue weighted by Gasteiger charge is -2.10. The fourth-order valence-corrected chi connectivity index (χ4v) is 1.09. The number of carbonyl (C=O) groups is 1. The van der Waals surface area contributed by atoms with Crippen LogP contribution in [0.3, 0.4) is 0 Å². The van der Waals surface area contributed by atoms with Gasteiger partial charge in [0.15, 0.2) is 6.10 Å². The topological polar surface area (TPSA) is 65.2 Å². The summed E-state index contributed by atoms with van der Waals surface area (Å²) in [6, 6.07) is 3.62. The van der Waals surface area contributed by atoms with Crippen LogP contribution in [-0.4, -0.2) is 18.0 Å². The second-order valence-electron chi connectivity index (χ2n) is 2.78. The lowest BCUT2D eigenvalue weighted by Crippen LogP contribution is -2.23. The molecule has 4 heteroatoms. The summed E-state index contributed by atoms with van der Waals surface area (Å²) in [5.74, 6) is -0.527. The zero-order valence-electron chi connectivity index (χ0n) is 7.65. The Balaban J connectivity index is 2.98. The molecular weight excluding hydrogens is 168 g/mol. The monoisotopic (exact) mass is 180 g/mol. The molecule has 13 heavy (non-hydrogen) atoms. The number of hydrogen-bond acceptors (Lipinski definition) is 3. The third-order valence-corrected chi connectivity index (χ3v) is 1.70. The molecule has 1 aromatic rings. The molecule has 70 valence electrons. The van der Waals surface area contributed by atoms with Gasteiger partial charge in [-0.2, -0.15) is 0 Å². The number of hydrogen-bond donors (Lipinski definition) is 1. The molecule has 1 amide bonds. The van der Waals surface area contributed by atoms with Gasteiger partial charge >= 0.3 is 0 Å². The van der Waals surface area contributed by atoms with Gasteiger partial charge in [0.05, 0.1) is 5.69 Å². The van der Waals surface area contributed by atoms with Crippen LogP contribution >= 0.6 is 0 Å². The van der Waals surface area contributed by atoms with Gasteiger partial charge in [0.25, 0.3) is 5.91 Å². The molecule has 1 rings (SSSR count). The number of pyridine rings is 1. The van der Waals surface area contributed by atoms with Gasteiger partial charge in [-0.1, -0.05) is 0 Å². The largest absolute Gasteiger partial charge is 0.367 e. The molecule has 0 spiro atoms. The maximum Gasteiger partial charge on any atom is 0.252 e. The zero-order chi connectivity index (χ0) is 9.84. The average molecular weight is 180 g/mol. The third-order valence-electron chi connectivity index (χ3n) is 1.70. The first-order valence-corrected chi connectivity index (χ1v) is 3.90. The van der Waals surface area contributed by atoms with Crippen molar-refractivity contribution in [2.45, 2.75) is 13.0 Å². The number of aromatic nitrogens is 1. The van der Waals surface area contributed by atoms with E-state index in [0.717, 1.165) is 5.56 Å². The molecule has 0 fully saturated rings. The zero-order valence-corrected chi connectivity index (χ0v) is 7.65. The van der Waals surface area contributed by atoms with E-state index in [-0.39, 0.29) is 0 Å². The highest BCUT2D eigenvalue weighted by molar-refractivity contribution is 5.79. The Bertz CT molecular complexity index is 312. The second kappa shape index (κ2) is 4.00. The van der Waals surface area contributed by atoms with Crippen LogP contribution in [0.25, 0.3) is 0 Å². The average Bonchev–Trinajstić information content (AvgIpc) is 2.04. The maximum absolute atomic E-state index is 10.9. The minimum absolute atomic E-state index is 0.527. The summed E-state index contributed by atoms with van der Waals surface area (Å²) in [4.78, 5) is 14.9. The first-order valence-electron chi connectivity index (χ1n) is 3.90. The summed E-state index contributed by atoms with van der Waals surface area (Å²) in [7, 11) is 1.43. The van der Waals surface area contributed by atoms with Crippen LogP contribution < -0.4 is 5.73 Å². The summed E-state index contributed by atoms with van der Waals surface area (Å²) in [5, 5.41) is 0. The highest BCUT2D eigenvalue weighted by Gasteiger charge is 2.17. The lowest BCUT2D eigenvalue weighted by molar-refractivity contribution is -0.128. The number of carbonyl (C=O) groups excluding carboxylic acids is 1. The number of nitrogens with zero attached hydrogens (tertiary/aromatic N) is 1. The van der Waals surface area contributed by atoms with Gasteiger partial charge < -0.3 is 10.5 Å². The predicted octanol–water partition coefficient (Wildman–Crippen LogP) is 0.563. The molecular formula is C9H12N2O2. The van der Waals surface area contributed by atoms with Crippen LogP contribution in [0.1, 0.15) is 17.4 Å². The molecule has 1 atom stereocenters. The highest BCUT2D eigenvalue weighted by atomic mass is 16.5.